The maximum Gasteiger partial charge on any atom is 0.246 e. The van der Waals surface area contributed by atoms with Gasteiger partial charge in [0.1, 0.15) is 6.04 Å². The predicted octanol–water partition coefficient (Wildman–Crippen LogP) is 2.61. The molecule has 0 spiro atoms. The third-order valence-electron chi connectivity index (χ3n) is 4.13. The van der Waals surface area contributed by atoms with E-state index < -0.39 is 0 Å². The van der Waals surface area contributed by atoms with Crippen LogP contribution in [0.25, 0.3) is 0 Å². The minimum Gasteiger partial charge on any atom is -0.334 e. The van der Waals surface area contributed by atoms with Gasteiger partial charge in [0.2, 0.25) is 11.8 Å². The molecule has 1 aromatic rings. The van der Waals surface area contributed by atoms with Crippen molar-refractivity contribution in [3.63, 3.8) is 0 Å². The fourth-order valence-electron chi connectivity index (χ4n) is 2.68. The Morgan fingerprint density at radius 2 is 2.04 bits per heavy atom. The molecule has 2 rings (SSSR count). The highest BCUT2D eigenvalue weighted by molar-refractivity contribution is 7.99. The molecule has 1 fully saturated rings. The topological polar surface area (TPSA) is 64.4 Å². The van der Waals surface area contributed by atoms with E-state index in [4.69, 9.17) is 5.26 Å². The highest BCUT2D eigenvalue weighted by atomic mass is 32.2. The standard InChI is InChI=1S/C18H23N3O2S/c1-4-17(22)21-12-24-11-16(21)18(23)20(13(2)3)10-15-7-5-14(9-19)6-8-15/h5-8,13,16H,4,10-12H2,1-3H3/t16-/m1/s1. The monoisotopic (exact) mass is 345 g/mol. The van der Waals surface area contributed by atoms with Gasteiger partial charge < -0.3 is 9.80 Å². The highest BCUT2D eigenvalue weighted by Gasteiger charge is 2.37. The fourth-order valence-corrected chi connectivity index (χ4v) is 3.86. The van der Waals surface area contributed by atoms with Crippen LogP contribution in [-0.4, -0.2) is 45.3 Å². The Hall–Kier alpha value is -2.00. The van der Waals surface area contributed by atoms with Crippen LogP contribution in [-0.2, 0) is 16.1 Å². The van der Waals surface area contributed by atoms with Crippen LogP contribution in [0.5, 0.6) is 0 Å². The Morgan fingerprint density at radius 1 is 1.38 bits per heavy atom. The Bertz CT molecular complexity index is 637. The molecular formula is C18H23N3O2S. The normalized spacial score (nSPS) is 17.0. The van der Waals surface area contributed by atoms with Crippen LogP contribution in [0, 0.1) is 11.3 Å². The molecule has 1 aromatic carbocycles. The number of rotatable bonds is 5. The summed E-state index contributed by atoms with van der Waals surface area (Å²) < 4.78 is 0. The van der Waals surface area contributed by atoms with Crippen LogP contribution in [0.15, 0.2) is 24.3 Å². The first kappa shape index (κ1) is 18.3. The van der Waals surface area contributed by atoms with E-state index in [9.17, 15) is 9.59 Å². The second-order valence-electron chi connectivity index (χ2n) is 6.10. The zero-order valence-electron chi connectivity index (χ0n) is 14.4. The lowest BCUT2D eigenvalue weighted by Crippen LogP contribution is -2.50. The van der Waals surface area contributed by atoms with Crippen molar-refractivity contribution in [1.29, 1.82) is 5.26 Å². The second kappa shape index (κ2) is 8.20. The van der Waals surface area contributed by atoms with Gasteiger partial charge in [-0.3, -0.25) is 9.59 Å². The number of nitriles is 1. The summed E-state index contributed by atoms with van der Waals surface area (Å²) in [6, 6.07) is 9.03. The molecule has 24 heavy (non-hydrogen) atoms. The van der Waals surface area contributed by atoms with E-state index in [2.05, 4.69) is 6.07 Å². The molecule has 1 saturated heterocycles. The number of amides is 2. The molecule has 1 aliphatic rings. The lowest BCUT2D eigenvalue weighted by molar-refractivity contribution is -0.144. The van der Waals surface area contributed by atoms with Gasteiger partial charge in [-0.2, -0.15) is 5.26 Å². The Kier molecular flexibility index (Phi) is 6.27. The number of carbonyl (C=O) groups excluding carboxylic acids is 2. The molecule has 5 nitrogen and oxygen atoms in total. The van der Waals surface area contributed by atoms with Gasteiger partial charge >= 0.3 is 0 Å². The SMILES string of the molecule is CCC(=O)N1CSC[C@@H]1C(=O)N(Cc1ccc(C#N)cc1)C(C)C. The van der Waals surface area contributed by atoms with E-state index in [-0.39, 0.29) is 23.9 Å². The Labute approximate surface area is 147 Å². The lowest BCUT2D eigenvalue weighted by Gasteiger charge is -2.32. The molecule has 1 atom stereocenters. The molecule has 0 bridgehead atoms. The van der Waals surface area contributed by atoms with Gasteiger partial charge in [-0.1, -0.05) is 19.1 Å². The molecule has 0 radical (unpaired) electrons. The maximum atomic E-state index is 13.0. The minimum absolute atomic E-state index is 0.00107. The van der Waals surface area contributed by atoms with Crippen molar-refractivity contribution in [1.82, 2.24) is 9.80 Å². The molecule has 1 aliphatic heterocycles. The summed E-state index contributed by atoms with van der Waals surface area (Å²) in [7, 11) is 0. The largest absolute Gasteiger partial charge is 0.334 e. The first-order chi connectivity index (χ1) is 11.5. The maximum absolute atomic E-state index is 13.0. The van der Waals surface area contributed by atoms with Crippen molar-refractivity contribution in [2.75, 3.05) is 11.6 Å². The van der Waals surface area contributed by atoms with Crippen molar-refractivity contribution in [2.45, 2.75) is 45.8 Å². The van der Waals surface area contributed by atoms with Crippen LogP contribution in [0.1, 0.15) is 38.3 Å². The van der Waals surface area contributed by atoms with Crippen molar-refractivity contribution in [2.24, 2.45) is 0 Å². The summed E-state index contributed by atoms with van der Waals surface area (Å²) >= 11 is 1.62. The van der Waals surface area contributed by atoms with Crippen LogP contribution in [0.3, 0.4) is 0 Å². The number of benzene rings is 1. The van der Waals surface area contributed by atoms with Crippen molar-refractivity contribution in [3.8, 4) is 6.07 Å². The fraction of sp³-hybridized carbons (Fsp3) is 0.500. The van der Waals surface area contributed by atoms with E-state index in [1.807, 2.05) is 37.8 Å². The molecule has 128 valence electrons. The first-order valence-corrected chi connectivity index (χ1v) is 9.30. The van der Waals surface area contributed by atoms with Crippen molar-refractivity contribution < 1.29 is 9.59 Å². The Morgan fingerprint density at radius 3 is 2.58 bits per heavy atom. The van der Waals surface area contributed by atoms with Crippen LogP contribution >= 0.6 is 11.8 Å². The summed E-state index contributed by atoms with van der Waals surface area (Å²) in [6.45, 7) is 6.27. The smallest absolute Gasteiger partial charge is 0.246 e. The number of hydrogen-bond acceptors (Lipinski definition) is 4. The number of carbonyl (C=O) groups is 2. The van der Waals surface area contributed by atoms with Crippen molar-refractivity contribution >= 4 is 23.6 Å². The number of thioether (sulfide) groups is 1. The summed E-state index contributed by atoms with van der Waals surface area (Å²) in [6.07, 6.45) is 0.418. The molecule has 6 heteroatoms. The molecule has 0 saturated carbocycles. The quantitative estimate of drug-likeness (QED) is 0.823. The van der Waals surface area contributed by atoms with Gasteiger partial charge in [-0.15, -0.1) is 11.8 Å². The first-order valence-electron chi connectivity index (χ1n) is 8.14. The van der Waals surface area contributed by atoms with Gasteiger partial charge in [0.05, 0.1) is 17.5 Å². The average molecular weight is 345 g/mol. The van der Waals surface area contributed by atoms with E-state index in [1.54, 1.807) is 28.8 Å². The van der Waals surface area contributed by atoms with E-state index in [1.165, 1.54) is 0 Å². The molecule has 1 heterocycles. The van der Waals surface area contributed by atoms with E-state index in [0.29, 0.717) is 30.2 Å². The van der Waals surface area contributed by atoms with Crippen LogP contribution in [0.2, 0.25) is 0 Å². The Balaban J connectivity index is 2.15. The van der Waals surface area contributed by atoms with Crippen LogP contribution < -0.4 is 0 Å². The minimum atomic E-state index is -0.372. The molecule has 0 aliphatic carbocycles. The van der Waals surface area contributed by atoms with Gasteiger partial charge in [0.25, 0.3) is 0 Å². The predicted molar refractivity (Wildman–Crippen MR) is 95.1 cm³/mol. The zero-order chi connectivity index (χ0) is 17.7. The van der Waals surface area contributed by atoms with E-state index in [0.717, 1.165) is 5.56 Å². The summed E-state index contributed by atoms with van der Waals surface area (Å²) in [4.78, 5) is 28.6. The summed E-state index contributed by atoms with van der Waals surface area (Å²) in [5.41, 5.74) is 1.59. The van der Waals surface area contributed by atoms with Gasteiger partial charge in [0.15, 0.2) is 0 Å². The van der Waals surface area contributed by atoms with Gasteiger partial charge in [0, 0.05) is 24.8 Å². The number of hydrogen-bond donors (Lipinski definition) is 0. The van der Waals surface area contributed by atoms with Crippen molar-refractivity contribution in [3.05, 3.63) is 35.4 Å². The third kappa shape index (κ3) is 4.09. The summed E-state index contributed by atoms with van der Waals surface area (Å²) in [5, 5.41) is 8.88. The number of nitrogens with zero attached hydrogens (tertiary/aromatic N) is 3. The van der Waals surface area contributed by atoms with Gasteiger partial charge in [-0.05, 0) is 31.5 Å². The molecule has 0 aromatic heterocycles. The van der Waals surface area contributed by atoms with E-state index >= 15 is 0 Å². The molecular weight excluding hydrogens is 322 g/mol. The second-order valence-corrected chi connectivity index (χ2v) is 7.10. The highest BCUT2D eigenvalue weighted by Crippen LogP contribution is 2.24. The summed E-state index contributed by atoms with van der Waals surface area (Å²) in [5.74, 6) is 1.27. The molecule has 2 amide bonds. The third-order valence-corrected chi connectivity index (χ3v) is 5.14. The van der Waals surface area contributed by atoms with Gasteiger partial charge in [-0.25, -0.2) is 0 Å². The van der Waals surface area contributed by atoms with Crippen LogP contribution in [0.4, 0.5) is 0 Å². The average Bonchev–Trinajstić information content (AvgIpc) is 3.08. The molecule has 0 N–H and O–H groups in total. The molecule has 0 unspecified atom stereocenters. The zero-order valence-corrected chi connectivity index (χ0v) is 15.2. The lowest BCUT2D eigenvalue weighted by atomic mass is 10.1.